The summed E-state index contributed by atoms with van der Waals surface area (Å²) in [6.45, 7) is 4.77. The number of methoxy groups -OCH3 is 1. The van der Waals surface area contributed by atoms with E-state index in [0.717, 1.165) is 30.2 Å². The Kier molecular flexibility index (Phi) is 4.18. The summed E-state index contributed by atoms with van der Waals surface area (Å²) in [6, 6.07) is 3.84. The number of ether oxygens (including phenoxy) is 1. The number of aryl methyl sites for hydroxylation is 2. The van der Waals surface area contributed by atoms with Crippen molar-refractivity contribution in [3.05, 3.63) is 35.8 Å². The highest BCUT2D eigenvalue weighted by Gasteiger charge is 2.25. The Morgan fingerprint density at radius 1 is 1.22 bits per heavy atom. The van der Waals surface area contributed by atoms with Gasteiger partial charge in [-0.15, -0.1) is 0 Å². The maximum absolute atomic E-state index is 12.6. The molecule has 0 atom stereocenters. The lowest BCUT2D eigenvalue weighted by Crippen LogP contribution is -2.49. The number of pyridine rings is 1. The van der Waals surface area contributed by atoms with Gasteiger partial charge in [0.2, 0.25) is 0 Å². The molecule has 0 aromatic carbocycles. The summed E-state index contributed by atoms with van der Waals surface area (Å²) in [5, 5.41) is 4.27. The molecular formula is C16H21N5O2. The second-order valence-electron chi connectivity index (χ2n) is 5.67. The smallest absolute Gasteiger partial charge is 0.274 e. The average Bonchev–Trinajstić information content (AvgIpc) is 2.93. The third-order valence-electron chi connectivity index (χ3n) is 4.06. The summed E-state index contributed by atoms with van der Waals surface area (Å²) in [4.78, 5) is 21.0. The van der Waals surface area contributed by atoms with Gasteiger partial charge >= 0.3 is 0 Å². The summed E-state index contributed by atoms with van der Waals surface area (Å²) < 4.78 is 6.81. The number of piperazine rings is 1. The Morgan fingerprint density at radius 3 is 2.48 bits per heavy atom. The molecule has 0 bridgehead atoms. The normalized spacial score (nSPS) is 14.9. The molecule has 1 fully saturated rings. The van der Waals surface area contributed by atoms with Gasteiger partial charge in [0.25, 0.3) is 5.91 Å². The maximum atomic E-state index is 12.6. The van der Waals surface area contributed by atoms with Gasteiger partial charge in [-0.2, -0.15) is 5.10 Å². The second kappa shape index (κ2) is 6.28. The van der Waals surface area contributed by atoms with Crippen molar-refractivity contribution in [1.29, 1.82) is 0 Å². The van der Waals surface area contributed by atoms with Crippen molar-refractivity contribution >= 4 is 11.7 Å². The van der Waals surface area contributed by atoms with Crippen LogP contribution in [0.25, 0.3) is 0 Å². The summed E-state index contributed by atoms with van der Waals surface area (Å²) in [5.74, 6) is 1.66. The van der Waals surface area contributed by atoms with Crippen LogP contribution in [0.5, 0.6) is 5.75 Å². The molecule has 2 aromatic heterocycles. The highest BCUT2D eigenvalue weighted by Crippen LogP contribution is 2.18. The van der Waals surface area contributed by atoms with Gasteiger partial charge in [0.15, 0.2) is 5.69 Å². The molecule has 7 nitrogen and oxygen atoms in total. The van der Waals surface area contributed by atoms with Crippen molar-refractivity contribution in [3.63, 3.8) is 0 Å². The van der Waals surface area contributed by atoms with Crippen LogP contribution < -0.4 is 9.64 Å². The predicted molar refractivity (Wildman–Crippen MR) is 86.9 cm³/mol. The Balaban J connectivity index is 1.63. The monoisotopic (exact) mass is 315 g/mol. The highest BCUT2D eigenvalue weighted by molar-refractivity contribution is 5.93. The minimum absolute atomic E-state index is 0.00504. The molecule has 3 rings (SSSR count). The number of carbonyl (C=O) groups excluding carboxylic acids is 1. The quantitative estimate of drug-likeness (QED) is 0.848. The van der Waals surface area contributed by atoms with E-state index in [4.69, 9.17) is 4.74 Å². The molecule has 0 N–H and O–H groups in total. The van der Waals surface area contributed by atoms with Crippen molar-refractivity contribution < 1.29 is 9.53 Å². The molecule has 0 aliphatic carbocycles. The molecule has 2 aromatic rings. The number of aromatic nitrogens is 3. The number of hydrogen-bond acceptors (Lipinski definition) is 5. The van der Waals surface area contributed by atoms with Crippen LogP contribution in [-0.4, -0.2) is 58.9 Å². The van der Waals surface area contributed by atoms with Gasteiger partial charge in [0.1, 0.15) is 11.6 Å². The van der Waals surface area contributed by atoms with Gasteiger partial charge in [0, 0.05) is 45.0 Å². The topological polar surface area (TPSA) is 63.5 Å². The zero-order chi connectivity index (χ0) is 16.4. The fourth-order valence-electron chi connectivity index (χ4n) is 2.79. The van der Waals surface area contributed by atoms with Crippen LogP contribution in [-0.2, 0) is 7.05 Å². The molecular weight excluding hydrogens is 294 g/mol. The predicted octanol–water partition coefficient (Wildman–Crippen LogP) is 1.09. The standard InChI is InChI=1S/C16H21N5O2/c1-12-11-19(2)18-15(12)16(22)21-8-6-20(7-9-21)14-5-4-13(23-3)10-17-14/h4-5,10-11H,6-9H2,1-3H3. The molecule has 23 heavy (non-hydrogen) atoms. The van der Waals surface area contributed by atoms with E-state index in [1.165, 1.54) is 0 Å². The fourth-order valence-corrected chi connectivity index (χ4v) is 2.79. The maximum Gasteiger partial charge on any atom is 0.274 e. The van der Waals surface area contributed by atoms with Crippen LogP contribution in [0.2, 0.25) is 0 Å². The molecule has 0 radical (unpaired) electrons. The van der Waals surface area contributed by atoms with E-state index in [1.54, 1.807) is 18.0 Å². The van der Waals surface area contributed by atoms with Crippen LogP contribution in [0.15, 0.2) is 24.5 Å². The average molecular weight is 315 g/mol. The first kappa shape index (κ1) is 15.3. The van der Waals surface area contributed by atoms with Crippen molar-refractivity contribution in [1.82, 2.24) is 19.7 Å². The third-order valence-corrected chi connectivity index (χ3v) is 4.06. The lowest BCUT2D eigenvalue weighted by atomic mass is 10.2. The van der Waals surface area contributed by atoms with Gasteiger partial charge in [-0.3, -0.25) is 9.48 Å². The lowest BCUT2D eigenvalue weighted by Gasteiger charge is -2.35. The van der Waals surface area contributed by atoms with Gasteiger partial charge in [0.05, 0.1) is 13.3 Å². The first-order valence-electron chi connectivity index (χ1n) is 7.63. The summed E-state index contributed by atoms with van der Waals surface area (Å²) in [7, 11) is 3.46. The van der Waals surface area contributed by atoms with Crippen molar-refractivity contribution in [2.45, 2.75) is 6.92 Å². The SMILES string of the molecule is COc1ccc(N2CCN(C(=O)c3nn(C)cc3C)CC2)nc1. The Labute approximate surface area is 135 Å². The molecule has 1 amide bonds. The first-order valence-corrected chi connectivity index (χ1v) is 7.63. The zero-order valence-corrected chi connectivity index (χ0v) is 13.7. The van der Waals surface area contributed by atoms with E-state index in [2.05, 4.69) is 15.0 Å². The number of carbonyl (C=O) groups is 1. The lowest BCUT2D eigenvalue weighted by molar-refractivity contribution is 0.0739. The van der Waals surface area contributed by atoms with Crippen molar-refractivity contribution in [2.24, 2.45) is 7.05 Å². The van der Waals surface area contributed by atoms with Gasteiger partial charge < -0.3 is 14.5 Å². The molecule has 0 spiro atoms. The van der Waals surface area contributed by atoms with E-state index in [1.807, 2.05) is 37.2 Å². The van der Waals surface area contributed by atoms with Crippen molar-refractivity contribution in [2.75, 3.05) is 38.2 Å². The van der Waals surface area contributed by atoms with Crippen LogP contribution >= 0.6 is 0 Å². The van der Waals surface area contributed by atoms with Gasteiger partial charge in [-0.1, -0.05) is 0 Å². The number of amides is 1. The van der Waals surface area contributed by atoms with Crippen LogP contribution in [0.1, 0.15) is 16.1 Å². The molecule has 1 saturated heterocycles. The molecule has 1 aliphatic rings. The Bertz CT molecular complexity index is 687. The van der Waals surface area contributed by atoms with Gasteiger partial charge in [-0.25, -0.2) is 4.98 Å². The summed E-state index contributed by atoms with van der Waals surface area (Å²) in [5.41, 5.74) is 1.46. The molecule has 0 saturated carbocycles. The van der Waals surface area contributed by atoms with Crippen LogP contribution in [0.3, 0.4) is 0 Å². The number of rotatable bonds is 3. The minimum atomic E-state index is 0.00504. The van der Waals surface area contributed by atoms with E-state index in [0.29, 0.717) is 18.8 Å². The number of anilines is 1. The zero-order valence-electron chi connectivity index (χ0n) is 13.7. The van der Waals surface area contributed by atoms with Crippen molar-refractivity contribution in [3.8, 4) is 5.75 Å². The van der Waals surface area contributed by atoms with Crippen LogP contribution in [0, 0.1) is 6.92 Å². The molecule has 1 aliphatic heterocycles. The second-order valence-corrected chi connectivity index (χ2v) is 5.67. The van der Waals surface area contributed by atoms with E-state index in [-0.39, 0.29) is 5.91 Å². The third kappa shape index (κ3) is 3.13. The first-order chi connectivity index (χ1) is 11.1. The highest BCUT2D eigenvalue weighted by atomic mass is 16.5. The van der Waals surface area contributed by atoms with E-state index >= 15 is 0 Å². The van der Waals surface area contributed by atoms with Crippen LogP contribution in [0.4, 0.5) is 5.82 Å². The van der Waals surface area contributed by atoms with Gasteiger partial charge in [-0.05, 0) is 19.1 Å². The Hall–Kier alpha value is -2.57. The van der Waals surface area contributed by atoms with E-state index < -0.39 is 0 Å². The number of hydrogen-bond donors (Lipinski definition) is 0. The molecule has 0 unspecified atom stereocenters. The molecule has 122 valence electrons. The minimum Gasteiger partial charge on any atom is -0.495 e. The summed E-state index contributed by atoms with van der Waals surface area (Å²) >= 11 is 0. The summed E-state index contributed by atoms with van der Waals surface area (Å²) in [6.07, 6.45) is 3.58. The Morgan fingerprint density at radius 2 is 1.96 bits per heavy atom. The number of nitrogens with zero attached hydrogens (tertiary/aromatic N) is 5. The molecule has 7 heteroatoms. The molecule has 3 heterocycles. The van der Waals surface area contributed by atoms with E-state index in [9.17, 15) is 4.79 Å². The fraction of sp³-hybridized carbons (Fsp3) is 0.438. The largest absolute Gasteiger partial charge is 0.495 e.